The largest absolute Gasteiger partial charge is 0.481 e. The lowest BCUT2D eigenvalue weighted by Gasteiger charge is -2.52. The molecule has 108 valence electrons. The average molecular weight is 268 g/mol. The van der Waals surface area contributed by atoms with Crippen LogP contribution in [0.2, 0.25) is 0 Å². The van der Waals surface area contributed by atoms with Gasteiger partial charge in [-0.1, -0.05) is 46.3 Å². The van der Waals surface area contributed by atoms with E-state index in [-0.39, 0.29) is 11.8 Å². The van der Waals surface area contributed by atoms with E-state index in [1.807, 2.05) is 32.9 Å². The molecule has 0 fully saturated rings. The Morgan fingerprint density at radius 1 is 1.00 bits per heavy atom. The zero-order valence-corrected chi connectivity index (χ0v) is 12.1. The highest BCUT2D eigenvalue weighted by atomic mass is 16.4. The minimum Gasteiger partial charge on any atom is -0.481 e. The molecule has 0 radical (unpaired) electrons. The van der Waals surface area contributed by atoms with E-state index in [1.54, 1.807) is 6.92 Å². The van der Waals surface area contributed by atoms with E-state index in [9.17, 15) is 19.8 Å². The summed E-state index contributed by atoms with van der Waals surface area (Å²) in [5.74, 6) is -2.54. The summed E-state index contributed by atoms with van der Waals surface area (Å²) in [7, 11) is 0. The maximum Gasteiger partial charge on any atom is 0.311 e. The molecule has 0 aromatic heterocycles. The van der Waals surface area contributed by atoms with Gasteiger partial charge in [0.15, 0.2) is 0 Å². The molecular formula is C15H24O4. The number of carboxylic acid groups (broad SMARTS) is 2. The third-order valence-corrected chi connectivity index (χ3v) is 5.00. The predicted molar refractivity (Wildman–Crippen MR) is 72.8 cm³/mol. The van der Waals surface area contributed by atoms with E-state index in [4.69, 9.17) is 0 Å². The molecule has 0 aromatic rings. The molecule has 0 aromatic carbocycles. The van der Waals surface area contributed by atoms with E-state index in [0.29, 0.717) is 19.3 Å². The molecule has 0 saturated carbocycles. The fourth-order valence-electron chi connectivity index (χ4n) is 3.99. The second kappa shape index (κ2) is 5.35. The smallest absolute Gasteiger partial charge is 0.311 e. The predicted octanol–water partition coefficient (Wildman–Crippen LogP) is 3.18. The van der Waals surface area contributed by atoms with Gasteiger partial charge >= 0.3 is 11.9 Å². The van der Waals surface area contributed by atoms with Crippen LogP contribution in [-0.2, 0) is 9.59 Å². The van der Waals surface area contributed by atoms with Gasteiger partial charge in [0.2, 0.25) is 0 Å². The van der Waals surface area contributed by atoms with Crippen molar-refractivity contribution in [1.82, 2.24) is 0 Å². The highest BCUT2D eigenvalue weighted by Gasteiger charge is 2.65. The lowest BCUT2D eigenvalue weighted by atomic mass is 9.48. The van der Waals surface area contributed by atoms with Crippen molar-refractivity contribution in [2.45, 2.75) is 47.0 Å². The second-order valence-corrected chi connectivity index (χ2v) is 5.62. The van der Waals surface area contributed by atoms with Crippen molar-refractivity contribution in [1.29, 1.82) is 0 Å². The molecule has 2 N–H and O–H groups in total. The summed E-state index contributed by atoms with van der Waals surface area (Å²) in [6, 6.07) is 0. The van der Waals surface area contributed by atoms with Crippen LogP contribution in [0.15, 0.2) is 12.2 Å². The molecule has 0 saturated heterocycles. The molecule has 4 atom stereocenters. The first-order valence-electron chi connectivity index (χ1n) is 6.96. The van der Waals surface area contributed by atoms with Crippen molar-refractivity contribution in [3.8, 4) is 0 Å². The van der Waals surface area contributed by atoms with Crippen LogP contribution < -0.4 is 0 Å². The quantitative estimate of drug-likeness (QED) is 0.751. The van der Waals surface area contributed by atoms with Gasteiger partial charge in [-0.15, -0.1) is 0 Å². The topological polar surface area (TPSA) is 74.6 Å². The standard InChI is InChI=1S/C15H24O4/c1-5-9-15(13(18)19)11(4)8-7-10(3)14(15,6-2)12(16)17/h7-8,10-11H,5-6,9H2,1-4H3,(H,16,17)(H,18,19)/t10-,11+,14?,15?/m1/s1. The van der Waals surface area contributed by atoms with Gasteiger partial charge in [0.25, 0.3) is 0 Å². The van der Waals surface area contributed by atoms with Gasteiger partial charge in [-0.3, -0.25) is 9.59 Å². The van der Waals surface area contributed by atoms with Crippen LogP contribution in [0.1, 0.15) is 47.0 Å². The third kappa shape index (κ3) is 1.88. The zero-order valence-electron chi connectivity index (χ0n) is 12.1. The maximum absolute atomic E-state index is 12.0. The molecule has 1 aliphatic carbocycles. The zero-order chi connectivity index (χ0) is 14.8. The molecule has 0 aliphatic heterocycles. The van der Waals surface area contributed by atoms with Crippen LogP contribution in [0.3, 0.4) is 0 Å². The van der Waals surface area contributed by atoms with E-state index in [0.717, 1.165) is 0 Å². The molecule has 0 bridgehead atoms. The summed E-state index contributed by atoms with van der Waals surface area (Å²) in [6.07, 6.45) is 5.10. The Labute approximate surface area is 114 Å². The average Bonchev–Trinajstić information content (AvgIpc) is 2.33. The van der Waals surface area contributed by atoms with Crippen molar-refractivity contribution in [3.05, 3.63) is 12.2 Å². The summed E-state index contributed by atoms with van der Waals surface area (Å²) in [6.45, 7) is 7.32. The number of carbonyl (C=O) groups is 2. The molecule has 0 amide bonds. The summed E-state index contributed by atoms with van der Waals surface area (Å²) in [4.78, 5) is 24.0. The Hall–Kier alpha value is -1.32. The first-order chi connectivity index (χ1) is 8.81. The Balaban J connectivity index is 3.62. The highest BCUT2D eigenvalue weighted by molar-refractivity contribution is 5.88. The van der Waals surface area contributed by atoms with Gasteiger partial charge in [0.05, 0.1) is 10.8 Å². The summed E-state index contributed by atoms with van der Waals surface area (Å²) < 4.78 is 0. The van der Waals surface area contributed by atoms with Crippen molar-refractivity contribution in [2.75, 3.05) is 0 Å². The Morgan fingerprint density at radius 2 is 1.42 bits per heavy atom. The van der Waals surface area contributed by atoms with Crippen LogP contribution in [0.5, 0.6) is 0 Å². The molecular weight excluding hydrogens is 244 g/mol. The Kier molecular flexibility index (Phi) is 4.43. The van der Waals surface area contributed by atoms with E-state index in [2.05, 4.69) is 0 Å². The first kappa shape index (κ1) is 15.7. The minimum atomic E-state index is -1.23. The summed E-state index contributed by atoms with van der Waals surface area (Å²) >= 11 is 0. The van der Waals surface area contributed by atoms with Gasteiger partial charge < -0.3 is 10.2 Å². The number of hydrogen-bond acceptors (Lipinski definition) is 2. The molecule has 0 spiro atoms. The van der Waals surface area contributed by atoms with Crippen LogP contribution in [0.4, 0.5) is 0 Å². The van der Waals surface area contributed by atoms with Crippen LogP contribution in [-0.4, -0.2) is 22.2 Å². The van der Waals surface area contributed by atoms with Crippen molar-refractivity contribution in [3.63, 3.8) is 0 Å². The summed E-state index contributed by atoms with van der Waals surface area (Å²) in [5.41, 5.74) is -2.46. The second-order valence-electron chi connectivity index (χ2n) is 5.62. The van der Waals surface area contributed by atoms with Crippen molar-refractivity contribution in [2.24, 2.45) is 22.7 Å². The number of hydrogen-bond donors (Lipinski definition) is 2. The molecule has 1 aliphatic rings. The molecule has 4 nitrogen and oxygen atoms in total. The number of carboxylic acids is 2. The van der Waals surface area contributed by atoms with E-state index >= 15 is 0 Å². The molecule has 1 rings (SSSR count). The highest BCUT2D eigenvalue weighted by Crippen LogP contribution is 2.58. The van der Waals surface area contributed by atoms with Crippen LogP contribution in [0.25, 0.3) is 0 Å². The van der Waals surface area contributed by atoms with Gasteiger partial charge in [0, 0.05) is 0 Å². The van der Waals surface area contributed by atoms with Gasteiger partial charge in [0.1, 0.15) is 0 Å². The number of aliphatic carboxylic acids is 2. The third-order valence-electron chi connectivity index (χ3n) is 5.00. The van der Waals surface area contributed by atoms with Crippen LogP contribution in [0, 0.1) is 22.7 Å². The van der Waals surface area contributed by atoms with Crippen LogP contribution >= 0.6 is 0 Å². The van der Waals surface area contributed by atoms with Crippen molar-refractivity contribution >= 4 is 11.9 Å². The number of allylic oxidation sites excluding steroid dienone is 2. The normalized spacial score (nSPS) is 38.1. The monoisotopic (exact) mass is 268 g/mol. The first-order valence-corrected chi connectivity index (χ1v) is 6.96. The lowest BCUT2D eigenvalue weighted by molar-refractivity contribution is -0.186. The molecule has 19 heavy (non-hydrogen) atoms. The van der Waals surface area contributed by atoms with Gasteiger partial charge in [-0.05, 0) is 24.7 Å². The van der Waals surface area contributed by atoms with E-state index < -0.39 is 22.8 Å². The SMILES string of the molecule is CCCC1(C(=O)O)[C@@H](C)C=C[C@@H](C)C1(CC)C(=O)O. The minimum absolute atomic E-state index is 0.280. The van der Waals surface area contributed by atoms with Gasteiger partial charge in [-0.2, -0.15) is 0 Å². The molecule has 0 heterocycles. The maximum atomic E-state index is 12.0. The molecule has 2 unspecified atom stereocenters. The van der Waals surface area contributed by atoms with Gasteiger partial charge in [-0.25, -0.2) is 0 Å². The van der Waals surface area contributed by atoms with E-state index in [1.165, 1.54) is 0 Å². The molecule has 4 heteroatoms. The fraction of sp³-hybridized carbons (Fsp3) is 0.733. The summed E-state index contributed by atoms with van der Waals surface area (Å²) in [5, 5.41) is 19.6. The lowest BCUT2D eigenvalue weighted by Crippen LogP contribution is -2.59. The van der Waals surface area contributed by atoms with Crippen molar-refractivity contribution < 1.29 is 19.8 Å². The fourth-order valence-corrected chi connectivity index (χ4v) is 3.99. The Bertz CT molecular complexity index is 401. The number of rotatable bonds is 5. The Morgan fingerprint density at radius 3 is 1.74 bits per heavy atom.